The summed E-state index contributed by atoms with van der Waals surface area (Å²) in [6.45, 7) is 3.20. The van der Waals surface area contributed by atoms with Gasteiger partial charge in [0.05, 0.1) is 11.5 Å². The van der Waals surface area contributed by atoms with Gasteiger partial charge in [-0.25, -0.2) is 4.98 Å². The normalized spacial score (nSPS) is 14.3. The molecular formula is C15H23N3OS. The van der Waals surface area contributed by atoms with Crippen molar-refractivity contribution in [2.45, 2.75) is 38.3 Å². The fourth-order valence-electron chi connectivity index (χ4n) is 2.20. The summed E-state index contributed by atoms with van der Waals surface area (Å²) in [5, 5.41) is 14.6. The average molecular weight is 293 g/mol. The van der Waals surface area contributed by atoms with Crippen LogP contribution in [-0.2, 0) is 6.54 Å². The molecule has 0 fully saturated rings. The van der Waals surface area contributed by atoms with Crippen molar-refractivity contribution in [2.24, 2.45) is 0 Å². The van der Waals surface area contributed by atoms with E-state index in [4.69, 9.17) is 0 Å². The molecule has 1 atom stereocenters. The number of unbranched alkanes of at least 4 members (excludes halogenated alkanes) is 1. The van der Waals surface area contributed by atoms with Crippen LogP contribution in [0.25, 0.3) is 10.7 Å². The maximum absolute atomic E-state index is 9.36. The molecule has 0 spiro atoms. The van der Waals surface area contributed by atoms with E-state index in [1.807, 2.05) is 19.4 Å². The lowest BCUT2D eigenvalue weighted by atomic mass is 9.96. The Kier molecular flexibility index (Phi) is 5.34. The van der Waals surface area contributed by atoms with E-state index in [1.54, 1.807) is 11.3 Å². The Labute approximate surface area is 124 Å². The summed E-state index contributed by atoms with van der Waals surface area (Å²) in [4.78, 5) is 5.65. The molecule has 2 heterocycles. The van der Waals surface area contributed by atoms with Crippen LogP contribution in [0.1, 0.15) is 26.2 Å². The van der Waals surface area contributed by atoms with Crippen LogP contribution in [0.15, 0.2) is 29.9 Å². The molecule has 0 amide bonds. The largest absolute Gasteiger partial charge is 0.394 e. The second-order valence-corrected chi connectivity index (χ2v) is 6.30. The van der Waals surface area contributed by atoms with E-state index in [2.05, 4.69) is 39.3 Å². The van der Waals surface area contributed by atoms with Gasteiger partial charge in [0.2, 0.25) is 0 Å². The van der Waals surface area contributed by atoms with Crippen molar-refractivity contribution in [1.29, 1.82) is 0 Å². The molecule has 110 valence electrons. The number of likely N-dealkylation sites (N-methyl/N-ethyl adjacent to an activating group) is 1. The van der Waals surface area contributed by atoms with Crippen LogP contribution in [0.3, 0.4) is 0 Å². The highest BCUT2D eigenvalue weighted by molar-refractivity contribution is 7.13. The third-order valence-electron chi connectivity index (χ3n) is 3.79. The molecular weight excluding hydrogens is 270 g/mol. The average Bonchev–Trinajstić information content (AvgIpc) is 3.13. The Hall–Kier alpha value is -1.17. The van der Waals surface area contributed by atoms with Crippen LogP contribution in [0.5, 0.6) is 0 Å². The van der Waals surface area contributed by atoms with Crippen molar-refractivity contribution in [3.05, 3.63) is 29.9 Å². The maximum Gasteiger partial charge on any atom is 0.149 e. The van der Waals surface area contributed by atoms with Gasteiger partial charge in [-0.15, -0.1) is 11.3 Å². The predicted molar refractivity (Wildman–Crippen MR) is 83.9 cm³/mol. The molecule has 5 heteroatoms. The second-order valence-electron chi connectivity index (χ2n) is 5.35. The summed E-state index contributed by atoms with van der Waals surface area (Å²) in [5.74, 6) is 1.05. The van der Waals surface area contributed by atoms with Crippen LogP contribution in [0, 0.1) is 0 Å². The summed E-state index contributed by atoms with van der Waals surface area (Å²) in [7, 11) is 1.90. The topological polar surface area (TPSA) is 50.1 Å². The van der Waals surface area contributed by atoms with Gasteiger partial charge < -0.3 is 15.0 Å². The minimum atomic E-state index is -0.161. The van der Waals surface area contributed by atoms with Gasteiger partial charge in [0.25, 0.3) is 0 Å². The van der Waals surface area contributed by atoms with E-state index in [0.717, 1.165) is 31.6 Å². The number of aliphatic hydroxyl groups is 1. The standard InChI is InChI=1S/C15H23N3OS/c1-15(12-19,16-2)7-3-4-9-18-10-8-17-14(18)13-6-5-11-20-13/h5-6,8,10-11,16,19H,3-4,7,9,12H2,1-2H3. The minimum absolute atomic E-state index is 0.161. The first kappa shape index (κ1) is 15.2. The van der Waals surface area contributed by atoms with Crippen molar-refractivity contribution in [2.75, 3.05) is 13.7 Å². The summed E-state index contributed by atoms with van der Waals surface area (Å²) in [6.07, 6.45) is 7.05. The maximum atomic E-state index is 9.36. The molecule has 0 radical (unpaired) electrons. The number of aryl methyl sites for hydroxylation is 1. The highest BCUT2D eigenvalue weighted by Crippen LogP contribution is 2.23. The highest BCUT2D eigenvalue weighted by Gasteiger charge is 2.19. The molecule has 0 aliphatic carbocycles. The first-order chi connectivity index (χ1) is 9.68. The summed E-state index contributed by atoms with van der Waals surface area (Å²) in [6, 6.07) is 4.16. The molecule has 2 rings (SSSR count). The van der Waals surface area contributed by atoms with Gasteiger partial charge in [-0.3, -0.25) is 0 Å². The van der Waals surface area contributed by atoms with E-state index in [-0.39, 0.29) is 12.1 Å². The lowest BCUT2D eigenvalue weighted by Crippen LogP contribution is -2.43. The molecule has 0 aliphatic rings. The Morgan fingerprint density at radius 1 is 1.45 bits per heavy atom. The smallest absolute Gasteiger partial charge is 0.149 e. The van der Waals surface area contributed by atoms with Gasteiger partial charge >= 0.3 is 0 Å². The summed E-state index contributed by atoms with van der Waals surface area (Å²) >= 11 is 1.72. The van der Waals surface area contributed by atoms with Gasteiger partial charge in [0.1, 0.15) is 5.82 Å². The third-order valence-corrected chi connectivity index (χ3v) is 4.65. The Morgan fingerprint density at radius 2 is 2.30 bits per heavy atom. The minimum Gasteiger partial charge on any atom is -0.394 e. The summed E-state index contributed by atoms with van der Waals surface area (Å²) in [5.41, 5.74) is -0.161. The second kappa shape index (κ2) is 7.02. The molecule has 2 N–H and O–H groups in total. The fourth-order valence-corrected chi connectivity index (χ4v) is 2.94. The summed E-state index contributed by atoms with van der Waals surface area (Å²) < 4.78 is 2.21. The van der Waals surface area contributed by atoms with E-state index >= 15 is 0 Å². The highest BCUT2D eigenvalue weighted by atomic mass is 32.1. The quantitative estimate of drug-likeness (QED) is 0.736. The van der Waals surface area contributed by atoms with Crippen molar-refractivity contribution in [1.82, 2.24) is 14.9 Å². The van der Waals surface area contributed by atoms with Gasteiger partial charge in [-0.1, -0.05) is 6.07 Å². The molecule has 0 aliphatic heterocycles. The molecule has 0 bridgehead atoms. The molecule has 2 aromatic heterocycles. The number of hydrogen-bond acceptors (Lipinski definition) is 4. The molecule has 0 saturated carbocycles. The molecule has 1 unspecified atom stereocenters. The van der Waals surface area contributed by atoms with Crippen LogP contribution in [0.2, 0.25) is 0 Å². The van der Waals surface area contributed by atoms with E-state index in [9.17, 15) is 5.11 Å². The lowest BCUT2D eigenvalue weighted by Gasteiger charge is -2.26. The van der Waals surface area contributed by atoms with Crippen LogP contribution >= 0.6 is 11.3 Å². The number of imidazole rings is 1. The number of thiophene rings is 1. The van der Waals surface area contributed by atoms with E-state index < -0.39 is 0 Å². The molecule has 4 nitrogen and oxygen atoms in total. The van der Waals surface area contributed by atoms with Crippen molar-refractivity contribution >= 4 is 11.3 Å². The van der Waals surface area contributed by atoms with Crippen LogP contribution < -0.4 is 5.32 Å². The molecule has 2 aromatic rings. The van der Waals surface area contributed by atoms with Gasteiger partial charge in [-0.05, 0) is 44.7 Å². The third kappa shape index (κ3) is 3.69. The zero-order valence-electron chi connectivity index (χ0n) is 12.2. The molecule has 20 heavy (non-hydrogen) atoms. The number of aromatic nitrogens is 2. The van der Waals surface area contributed by atoms with Gasteiger partial charge in [0.15, 0.2) is 0 Å². The zero-order valence-corrected chi connectivity index (χ0v) is 13.0. The van der Waals surface area contributed by atoms with Crippen molar-refractivity contribution < 1.29 is 5.11 Å². The Bertz CT molecular complexity index is 503. The Morgan fingerprint density at radius 3 is 2.95 bits per heavy atom. The van der Waals surface area contributed by atoms with Crippen molar-refractivity contribution in [3.63, 3.8) is 0 Å². The number of aliphatic hydroxyl groups excluding tert-OH is 1. The number of nitrogens with one attached hydrogen (secondary N) is 1. The molecule has 0 saturated heterocycles. The predicted octanol–water partition coefficient (Wildman–Crippen LogP) is 2.75. The van der Waals surface area contributed by atoms with E-state index in [0.29, 0.717) is 0 Å². The first-order valence-electron chi connectivity index (χ1n) is 7.03. The number of hydrogen-bond donors (Lipinski definition) is 2. The first-order valence-corrected chi connectivity index (χ1v) is 7.91. The Balaban J connectivity index is 1.85. The van der Waals surface area contributed by atoms with Crippen LogP contribution in [0.4, 0.5) is 0 Å². The van der Waals surface area contributed by atoms with Gasteiger partial charge in [-0.2, -0.15) is 0 Å². The van der Waals surface area contributed by atoms with Crippen LogP contribution in [-0.4, -0.2) is 33.9 Å². The molecule has 0 aromatic carbocycles. The van der Waals surface area contributed by atoms with Crippen molar-refractivity contribution in [3.8, 4) is 10.7 Å². The number of nitrogens with zero attached hydrogens (tertiary/aromatic N) is 2. The van der Waals surface area contributed by atoms with E-state index in [1.165, 1.54) is 4.88 Å². The fraction of sp³-hybridized carbons (Fsp3) is 0.533. The van der Waals surface area contributed by atoms with Gasteiger partial charge in [0, 0.05) is 24.5 Å². The number of rotatable bonds is 8. The lowest BCUT2D eigenvalue weighted by molar-refractivity contribution is 0.170. The zero-order chi connectivity index (χ0) is 14.4. The SMILES string of the molecule is CNC(C)(CO)CCCCn1ccnc1-c1cccs1. The monoisotopic (exact) mass is 293 g/mol.